The molecule has 1 aliphatic carbocycles. The number of nitrogen functional groups attached to an aromatic ring is 1. The van der Waals surface area contributed by atoms with Crippen molar-refractivity contribution >= 4 is 16.5 Å². The lowest BCUT2D eigenvalue weighted by atomic mass is 9.97. The van der Waals surface area contributed by atoms with Crippen molar-refractivity contribution in [2.24, 2.45) is 0 Å². The minimum absolute atomic E-state index is 0.580. The monoisotopic (exact) mass is 273 g/mol. The Kier molecular flexibility index (Phi) is 3.80. The number of hydrogen-bond acceptors (Lipinski definition) is 4. The SMILES string of the molecule is Nc1nc2c(s1)CC(NCCc1ccccc1)CC2. The first-order valence-corrected chi connectivity index (χ1v) is 7.64. The Morgan fingerprint density at radius 3 is 3.00 bits per heavy atom. The lowest BCUT2D eigenvalue weighted by molar-refractivity contribution is 0.462. The highest BCUT2D eigenvalue weighted by molar-refractivity contribution is 7.15. The summed E-state index contributed by atoms with van der Waals surface area (Å²) in [6.45, 7) is 1.04. The van der Waals surface area contributed by atoms with Gasteiger partial charge in [-0.05, 0) is 37.8 Å². The van der Waals surface area contributed by atoms with Crippen molar-refractivity contribution in [1.82, 2.24) is 10.3 Å². The average molecular weight is 273 g/mol. The van der Waals surface area contributed by atoms with E-state index in [0.717, 1.165) is 30.9 Å². The zero-order valence-corrected chi connectivity index (χ0v) is 11.7. The maximum Gasteiger partial charge on any atom is 0.180 e. The summed E-state index contributed by atoms with van der Waals surface area (Å²) in [5.74, 6) is 0. The van der Waals surface area contributed by atoms with Gasteiger partial charge in [0, 0.05) is 10.9 Å². The molecule has 0 aliphatic heterocycles. The van der Waals surface area contributed by atoms with Crippen LogP contribution in [0.25, 0.3) is 0 Å². The van der Waals surface area contributed by atoms with E-state index >= 15 is 0 Å². The fourth-order valence-electron chi connectivity index (χ4n) is 2.63. The Morgan fingerprint density at radius 1 is 1.32 bits per heavy atom. The Labute approximate surface area is 117 Å². The minimum atomic E-state index is 0.580. The topological polar surface area (TPSA) is 50.9 Å². The van der Waals surface area contributed by atoms with Gasteiger partial charge in [-0.1, -0.05) is 30.3 Å². The highest BCUT2D eigenvalue weighted by Gasteiger charge is 2.21. The number of nitrogens with zero attached hydrogens (tertiary/aromatic N) is 1. The maximum atomic E-state index is 5.77. The molecule has 1 aromatic carbocycles. The van der Waals surface area contributed by atoms with Gasteiger partial charge in [-0.25, -0.2) is 4.98 Å². The van der Waals surface area contributed by atoms with Crippen LogP contribution in [-0.4, -0.2) is 17.6 Å². The molecule has 3 N–H and O–H groups in total. The van der Waals surface area contributed by atoms with Crippen molar-refractivity contribution in [2.45, 2.75) is 31.7 Å². The molecule has 0 radical (unpaired) electrons. The molecule has 1 aromatic heterocycles. The van der Waals surface area contributed by atoms with Crippen LogP contribution in [0.5, 0.6) is 0 Å². The van der Waals surface area contributed by atoms with Crippen LogP contribution < -0.4 is 11.1 Å². The predicted octanol–water partition coefficient (Wildman–Crippen LogP) is 2.41. The third kappa shape index (κ3) is 3.14. The zero-order valence-electron chi connectivity index (χ0n) is 10.9. The van der Waals surface area contributed by atoms with E-state index in [9.17, 15) is 0 Å². The molecule has 100 valence electrons. The van der Waals surface area contributed by atoms with Crippen molar-refractivity contribution in [1.29, 1.82) is 0 Å². The molecule has 0 amide bonds. The van der Waals surface area contributed by atoms with Crippen molar-refractivity contribution in [3.63, 3.8) is 0 Å². The van der Waals surface area contributed by atoms with Crippen LogP contribution in [0.2, 0.25) is 0 Å². The van der Waals surface area contributed by atoms with Gasteiger partial charge in [-0.2, -0.15) is 0 Å². The summed E-state index contributed by atoms with van der Waals surface area (Å²) in [5, 5.41) is 4.38. The number of nitrogens with one attached hydrogen (secondary N) is 1. The van der Waals surface area contributed by atoms with E-state index in [1.165, 1.54) is 22.6 Å². The summed E-state index contributed by atoms with van der Waals surface area (Å²) in [7, 11) is 0. The molecule has 1 heterocycles. The average Bonchev–Trinajstić information content (AvgIpc) is 2.79. The van der Waals surface area contributed by atoms with Crippen LogP contribution in [0.1, 0.15) is 22.6 Å². The van der Waals surface area contributed by atoms with Crippen molar-refractivity contribution in [3.8, 4) is 0 Å². The Hall–Kier alpha value is -1.39. The van der Waals surface area contributed by atoms with Crippen LogP contribution in [0.15, 0.2) is 30.3 Å². The first-order valence-electron chi connectivity index (χ1n) is 6.82. The summed E-state index contributed by atoms with van der Waals surface area (Å²) in [6, 6.07) is 11.2. The van der Waals surface area contributed by atoms with Gasteiger partial charge in [-0.15, -0.1) is 11.3 Å². The van der Waals surface area contributed by atoms with Crippen molar-refractivity contribution in [2.75, 3.05) is 12.3 Å². The van der Waals surface area contributed by atoms with Crippen LogP contribution in [0.3, 0.4) is 0 Å². The third-order valence-electron chi connectivity index (χ3n) is 3.65. The molecule has 0 bridgehead atoms. The number of hydrogen-bond donors (Lipinski definition) is 2. The Morgan fingerprint density at radius 2 is 2.16 bits per heavy atom. The standard InChI is InChI=1S/C15H19N3S/c16-15-18-13-7-6-12(10-14(13)19-15)17-9-8-11-4-2-1-3-5-11/h1-5,12,17H,6-10H2,(H2,16,18). The van der Waals surface area contributed by atoms with Crippen LogP contribution in [0.4, 0.5) is 5.13 Å². The molecular formula is C15H19N3S. The first-order chi connectivity index (χ1) is 9.31. The number of thiazole rings is 1. The van der Waals surface area contributed by atoms with E-state index in [1.807, 2.05) is 0 Å². The second-order valence-corrected chi connectivity index (χ2v) is 6.17. The van der Waals surface area contributed by atoms with Gasteiger partial charge in [0.05, 0.1) is 5.69 Å². The second kappa shape index (κ2) is 5.72. The molecule has 4 heteroatoms. The van der Waals surface area contributed by atoms with Gasteiger partial charge in [-0.3, -0.25) is 0 Å². The fourth-order valence-corrected chi connectivity index (χ4v) is 3.59. The fraction of sp³-hybridized carbons (Fsp3) is 0.400. The van der Waals surface area contributed by atoms with Gasteiger partial charge < -0.3 is 11.1 Å². The number of anilines is 1. The summed E-state index contributed by atoms with van der Waals surface area (Å²) >= 11 is 1.65. The largest absolute Gasteiger partial charge is 0.375 e. The van der Waals surface area contributed by atoms with E-state index in [1.54, 1.807) is 11.3 Å². The molecule has 0 fully saturated rings. The third-order valence-corrected chi connectivity index (χ3v) is 4.59. The first kappa shape index (κ1) is 12.6. The summed E-state index contributed by atoms with van der Waals surface area (Å²) in [6.07, 6.45) is 4.41. The molecule has 0 spiro atoms. The van der Waals surface area contributed by atoms with E-state index in [4.69, 9.17) is 5.73 Å². The lowest BCUT2D eigenvalue weighted by Gasteiger charge is -2.22. The van der Waals surface area contributed by atoms with Gasteiger partial charge >= 0.3 is 0 Å². The number of benzene rings is 1. The molecule has 1 unspecified atom stereocenters. The molecule has 1 atom stereocenters. The van der Waals surface area contributed by atoms with Gasteiger partial charge in [0.1, 0.15) is 0 Å². The lowest BCUT2D eigenvalue weighted by Crippen LogP contribution is -2.35. The van der Waals surface area contributed by atoms with E-state index in [-0.39, 0.29) is 0 Å². The Balaban J connectivity index is 1.50. The van der Waals surface area contributed by atoms with Crippen LogP contribution >= 0.6 is 11.3 Å². The van der Waals surface area contributed by atoms with Gasteiger partial charge in [0.25, 0.3) is 0 Å². The normalized spacial score (nSPS) is 18.2. The van der Waals surface area contributed by atoms with Crippen molar-refractivity contribution < 1.29 is 0 Å². The van der Waals surface area contributed by atoms with Crippen LogP contribution in [-0.2, 0) is 19.3 Å². The summed E-state index contributed by atoms with van der Waals surface area (Å²) in [5.41, 5.74) is 8.39. The zero-order chi connectivity index (χ0) is 13.1. The Bertz CT molecular complexity index is 536. The number of aromatic nitrogens is 1. The van der Waals surface area contributed by atoms with Gasteiger partial charge in [0.15, 0.2) is 5.13 Å². The molecule has 3 nitrogen and oxygen atoms in total. The molecule has 2 aromatic rings. The molecular weight excluding hydrogens is 254 g/mol. The molecule has 1 aliphatic rings. The highest BCUT2D eigenvalue weighted by atomic mass is 32.1. The van der Waals surface area contributed by atoms with E-state index in [0.29, 0.717) is 6.04 Å². The molecule has 0 saturated carbocycles. The smallest absolute Gasteiger partial charge is 0.180 e. The van der Waals surface area contributed by atoms with Crippen molar-refractivity contribution in [3.05, 3.63) is 46.5 Å². The maximum absolute atomic E-state index is 5.77. The van der Waals surface area contributed by atoms with Crippen LogP contribution in [0, 0.1) is 0 Å². The van der Waals surface area contributed by atoms with E-state index in [2.05, 4.69) is 40.6 Å². The molecule has 3 rings (SSSR count). The molecule has 19 heavy (non-hydrogen) atoms. The number of fused-ring (bicyclic) bond motifs is 1. The predicted molar refractivity (Wildman–Crippen MR) is 80.5 cm³/mol. The summed E-state index contributed by atoms with van der Waals surface area (Å²) < 4.78 is 0. The quantitative estimate of drug-likeness (QED) is 0.899. The summed E-state index contributed by atoms with van der Waals surface area (Å²) in [4.78, 5) is 5.76. The minimum Gasteiger partial charge on any atom is -0.375 e. The number of nitrogens with two attached hydrogens (primary N) is 1. The highest BCUT2D eigenvalue weighted by Crippen LogP contribution is 2.28. The molecule has 0 saturated heterocycles. The van der Waals surface area contributed by atoms with Gasteiger partial charge in [0.2, 0.25) is 0 Å². The second-order valence-electron chi connectivity index (χ2n) is 5.05. The number of rotatable bonds is 4. The van der Waals surface area contributed by atoms with E-state index < -0.39 is 0 Å². The number of aryl methyl sites for hydroxylation is 1.